The van der Waals surface area contributed by atoms with E-state index in [1.165, 1.54) is 0 Å². The van der Waals surface area contributed by atoms with Crippen molar-refractivity contribution in [2.24, 2.45) is 0 Å². The highest BCUT2D eigenvalue weighted by molar-refractivity contribution is 8.33. The summed E-state index contributed by atoms with van der Waals surface area (Å²) < 4.78 is 74.3. The molecule has 3 rings (SSSR count). The Kier molecular flexibility index (Phi) is 5.50. The lowest BCUT2D eigenvalue weighted by atomic mass is 10.1. The zero-order chi connectivity index (χ0) is 20.8. The number of hydrogen-bond acceptors (Lipinski definition) is 4. The van der Waals surface area contributed by atoms with E-state index in [2.05, 4.69) is 0 Å². The number of fused-ring (bicyclic) bond motifs is 1. The van der Waals surface area contributed by atoms with Gasteiger partial charge in [0.25, 0.3) is 0 Å². The van der Waals surface area contributed by atoms with Gasteiger partial charge in [0, 0.05) is 16.4 Å². The van der Waals surface area contributed by atoms with Gasteiger partial charge in [-0.1, -0.05) is 46.7 Å². The smallest absolute Gasteiger partial charge is 0.372 e. The minimum atomic E-state index is -5.74. The summed E-state index contributed by atoms with van der Waals surface area (Å²) in [7, 11) is -8.50. The van der Waals surface area contributed by atoms with E-state index in [9.17, 15) is 21.6 Å². The van der Waals surface area contributed by atoms with Gasteiger partial charge in [-0.25, -0.2) is 3.63 Å². The minimum absolute atomic E-state index is 0.105. The van der Waals surface area contributed by atoms with E-state index in [1.807, 2.05) is 39.0 Å². The molecular weight excluding hydrogens is 413 g/mol. The summed E-state index contributed by atoms with van der Waals surface area (Å²) in [5.41, 5.74) is -5.97. The van der Waals surface area contributed by atoms with E-state index in [0.29, 0.717) is 16.7 Å². The Morgan fingerprint density at radius 1 is 1.04 bits per heavy atom. The van der Waals surface area contributed by atoms with Crippen molar-refractivity contribution in [2.45, 2.75) is 49.3 Å². The molecule has 2 unspecified atom stereocenters. The summed E-state index contributed by atoms with van der Waals surface area (Å²) in [6, 6.07) is 12.4. The maximum absolute atomic E-state index is 13.1. The first-order chi connectivity index (χ1) is 12.8. The molecule has 1 saturated heterocycles. The standard InChI is InChI=1S/C19H23F3O4S2/c1-18(2,3)25-15-11-12-27(13-15,26-28(23,24)19(20,21)22)17-10-6-8-14-7-4-5-9-16(14)17/h4-10,15H,11-13H2,1-3H3. The van der Waals surface area contributed by atoms with Gasteiger partial charge in [0.2, 0.25) is 0 Å². The third-order valence-corrected chi connectivity index (χ3v) is 9.69. The molecule has 0 amide bonds. The molecular formula is C19H23F3O4S2. The molecule has 2 aromatic carbocycles. The zero-order valence-electron chi connectivity index (χ0n) is 15.8. The molecule has 156 valence electrons. The van der Waals surface area contributed by atoms with Crippen LogP contribution in [0.4, 0.5) is 13.2 Å². The quantitative estimate of drug-likeness (QED) is 0.605. The molecule has 1 aliphatic heterocycles. The van der Waals surface area contributed by atoms with E-state index >= 15 is 0 Å². The highest BCUT2D eigenvalue weighted by Crippen LogP contribution is 2.65. The van der Waals surface area contributed by atoms with Crippen molar-refractivity contribution in [3.63, 3.8) is 0 Å². The number of ether oxygens (including phenoxy) is 1. The van der Waals surface area contributed by atoms with Crippen LogP contribution in [0, 0.1) is 0 Å². The first-order valence-corrected chi connectivity index (χ1v) is 12.1. The number of alkyl halides is 3. The van der Waals surface area contributed by atoms with Crippen molar-refractivity contribution in [1.82, 2.24) is 0 Å². The van der Waals surface area contributed by atoms with E-state index in [4.69, 9.17) is 8.37 Å². The average Bonchev–Trinajstić information content (AvgIpc) is 2.94. The summed E-state index contributed by atoms with van der Waals surface area (Å²) in [6.07, 6.45) is 0.0563. The SMILES string of the molecule is CC(C)(C)OC1CCS(OS(=O)(=O)C(F)(F)F)(c2cccc3ccccc23)C1. The highest BCUT2D eigenvalue weighted by atomic mass is 32.3. The second-order valence-electron chi connectivity index (χ2n) is 7.77. The van der Waals surface area contributed by atoms with Crippen molar-refractivity contribution >= 4 is 31.2 Å². The molecule has 4 nitrogen and oxygen atoms in total. The van der Waals surface area contributed by atoms with E-state index < -0.39 is 31.5 Å². The monoisotopic (exact) mass is 436 g/mol. The first kappa shape index (κ1) is 21.4. The van der Waals surface area contributed by atoms with Crippen LogP contribution in [0.25, 0.3) is 10.8 Å². The fourth-order valence-corrected chi connectivity index (χ4v) is 8.84. The highest BCUT2D eigenvalue weighted by Gasteiger charge is 2.53. The average molecular weight is 437 g/mol. The third-order valence-electron chi connectivity index (χ3n) is 4.40. The first-order valence-electron chi connectivity index (χ1n) is 8.80. The van der Waals surface area contributed by atoms with Crippen molar-refractivity contribution in [3.05, 3.63) is 42.5 Å². The fourth-order valence-electron chi connectivity index (χ4n) is 3.41. The lowest BCUT2D eigenvalue weighted by Gasteiger charge is -2.36. The Labute approximate surface area is 164 Å². The molecule has 0 radical (unpaired) electrons. The molecule has 2 aromatic rings. The second kappa shape index (κ2) is 7.19. The second-order valence-corrected chi connectivity index (χ2v) is 12.5. The number of halogens is 3. The predicted molar refractivity (Wildman–Crippen MR) is 105 cm³/mol. The third kappa shape index (κ3) is 4.32. The minimum Gasteiger partial charge on any atom is -0.372 e. The Bertz CT molecular complexity index is 962. The van der Waals surface area contributed by atoms with E-state index in [0.717, 1.165) is 5.39 Å². The Morgan fingerprint density at radius 3 is 2.32 bits per heavy atom. The van der Waals surface area contributed by atoms with Gasteiger partial charge in [-0.2, -0.15) is 21.6 Å². The molecule has 1 fully saturated rings. The van der Waals surface area contributed by atoms with Crippen LogP contribution in [-0.2, 0) is 18.5 Å². The van der Waals surface area contributed by atoms with Crippen LogP contribution in [0.3, 0.4) is 0 Å². The normalized spacial score (nSPS) is 26.3. The van der Waals surface area contributed by atoms with Crippen LogP contribution in [0.1, 0.15) is 27.2 Å². The molecule has 1 heterocycles. The van der Waals surface area contributed by atoms with Gasteiger partial charge >= 0.3 is 15.6 Å². The molecule has 9 heteroatoms. The number of hydrogen-bond donors (Lipinski definition) is 0. The summed E-state index contributed by atoms with van der Waals surface area (Å²) in [5, 5.41) is 1.52. The predicted octanol–water partition coefficient (Wildman–Crippen LogP) is 5.37. The van der Waals surface area contributed by atoms with E-state index in [-0.39, 0.29) is 17.6 Å². The molecule has 0 N–H and O–H groups in total. The van der Waals surface area contributed by atoms with Gasteiger partial charge in [0.1, 0.15) is 0 Å². The Morgan fingerprint density at radius 2 is 1.68 bits per heavy atom. The van der Waals surface area contributed by atoms with Crippen molar-refractivity contribution in [2.75, 3.05) is 11.5 Å². The number of benzene rings is 2. The van der Waals surface area contributed by atoms with Crippen molar-refractivity contribution in [1.29, 1.82) is 0 Å². The summed E-state index contributed by atoms with van der Waals surface area (Å²) >= 11 is 0. The van der Waals surface area contributed by atoms with Crippen LogP contribution in [0.2, 0.25) is 0 Å². The zero-order valence-corrected chi connectivity index (χ0v) is 17.5. The van der Waals surface area contributed by atoms with Crippen LogP contribution < -0.4 is 0 Å². The molecule has 0 bridgehead atoms. The maximum Gasteiger partial charge on any atom is 0.523 e. The van der Waals surface area contributed by atoms with E-state index in [1.54, 1.807) is 24.3 Å². The molecule has 0 spiro atoms. The van der Waals surface area contributed by atoms with Crippen LogP contribution >= 0.6 is 10.3 Å². The topological polar surface area (TPSA) is 52.6 Å². The van der Waals surface area contributed by atoms with Crippen molar-refractivity contribution < 1.29 is 30.0 Å². The lowest BCUT2D eigenvalue weighted by Crippen LogP contribution is -2.30. The molecule has 0 aliphatic carbocycles. The molecule has 28 heavy (non-hydrogen) atoms. The lowest BCUT2D eigenvalue weighted by molar-refractivity contribution is -0.0504. The van der Waals surface area contributed by atoms with Gasteiger partial charge in [-0.15, -0.1) is 0 Å². The van der Waals surface area contributed by atoms with Crippen molar-refractivity contribution in [3.8, 4) is 0 Å². The van der Waals surface area contributed by atoms with Crippen LogP contribution in [0.15, 0.2) is 47.4 Å². The molecule has 2 atom stereocenters. The van der Waals surface area contributed by atoms with Gasteiger partial charge in [0.05, 0.1) is 11.7 Å². The van der Waals surface area contributed by atoms with Gasteiger partial charge in [-0.3, -0.25) is 0 Å². The molecule has 0 aromatic heterocycles. The summed E-state index contributed by atoms with van der Waals surface area (Å²) in [4.78, 5) is 0.512. The fraction of sp³-hybridized carbons (Fsp3) is 0.474. The molecule has 0 saturated carbocycles. The number of rotatable bonds is 4. The van der Waals surface area contributed by atoms with Crippen LogP contribution in [0.5, 0.6) is 0 Å². The maximum atomic E-state index is 13.1. The van der Waals surface area contributed by atoms with Crippen LogP contribution in [-0.4, -0.2) is 37.1 Å². The van der Waals surface area contributed by atoms with Gasteiger partial charge < -0.3 is 4.74 Å². The van der Waals surface area contributed by atoms with Gasteiger partial charge in [-0.05, 0) is 44.0 Å². The van der Waals surface area contributed by atoms with Gasteiger partial charge in [0.15, 0.2) is 0 Å². The summed E-state index contributed by atoms with van der Waals surface area (Å²) in [5.74, 6) is 0.296. The largest absolute Gasteiger partial charge is 0.523 e. The summed E-state index contributed by atoms with van der Waals surface area (Å²) in [6.45, 7) is 5.56. The molecule has 1 aliphatic rings. The Balaban J connectivity index is 2.11. The Hall–Kier alpha value is -1.29.